The number of hydrogen-bond donors (Lipinski definition) is 2. The second kappa shape index (κ2) is 10.5. The van der Waals surface area contributed by atoms with Crippen LogP contribution in [-0.2, 0) is 4.79 Å². The molecule has 33 heavy (non-hydrogen) atoms. The Labute approximate surface area is 203 Å². The first-order valence-electron chi connectivity index (χ1n) is 10.6. The Morgan fingerprint density at radius 2 is 1.70 bits per heavy atom. The third kappa shape index (κ3) is 5.54. The second-order valence-corrected chi connectivity index (χ2v) is 8.42. The predicted octanol–water partition coefficient (Wildman–Crippen LogP) is 6.19. The molecule has 3 aromatic rings. The van der Waals surface area contributed by atoms with Crippen LogP contribution in [0, 0.1) is 0 Å². The van der Waals surface area contributed by atoms with Crippen molar-refractivity contribution in [3.05, 3.63) is 123 Å². The molecule has 0 saturated carbocycles. The number of amidine groups is 1. The average Bonchev–Trinajstić information content (AvgIpc) is 2.84. The van der Waals surface area contributed by atoms with Crippen LogP contribution in [0.5, 0.6) is 0 Å². The van der Waals surface area contributed by atoms with Gasteiger partial charge in [-0.1, -0.05) is 102 Å². The molecule has 0 saturated heterocycles. The second-order valence-electron chi connectivity index (χ2n) is 7.61. The topological polar surface area (TPSA) is 53.5 Å². The quantitative estimate of drug-likeness (QED) is 0.446. The Morgan fingerprint density at radius 3 is 2.39 bits per heavy atom. The minimum atomic E-state index is -0.519. The number of aliphatic imine (C=N–C) groups is 1. The van der Waals surface area contributed by atoms with Crippen LogP contribution in [0.4, 0.5) is 0 Å². The maximum absolute atomic E-state index is 13.2. The number of carbonyl (C=O) groups excluding carboxylic acids is 1. The molecule has 3 aromatic carbocycles. The van der Waals surface area contributed by atoms with E-state index in [4.69, 9.17) is 28.2 Å². The lowest BCUT2D eigenvalue weighted by Crippen LogP contribution is -2.36. The number of hydrogen-bond acceptors (Lipinski definition) is 3. The molecule has 2 N–H and O–H groups in total. The van der Waals surface area contributed by atoms with E-state index in [0.717, 1.165) is 22.4 Å². The molecule has 4 nitrogen and oxygen atoms in total. The fourth-order valence-electron chi connectivity index (χ4n) is 3.64. The van der Waals surface area contributed by atoms with Crippen molar-refractivity contribution in [1.29, 1.82) is 0 Å². The monoisotopic (exact) mass is 475 g/mol. The number of rotatable bonds is 6. The third-order valence-electron chi connectivity index (χ3n) is 5.28. The number of allylic oxidation sites excluding steroid dienone is 1. The maximum Gasteiger partial charge on any atom is 0.251 e. The zero-order chi connectivity index (χ0) is 23.2. The van der Waals surface area contributed by atoms with E-state index >= 15 is 0 Å². The molecule has 6 heteroatoms. The molecule has 0 spiro atoms. The van der Waals surface area contributed by atoms with Crippen molar-refractivity contribution in [2.75, 3.05) is 6.54 Å². The summed E-state index contributed by atoms with van der Waals surface area (Å²) in [4.78, 5) is 18.1. The molecule has 0 fully saturated rings. The molecular formula is C27H23Cl2N3O. The van der Waals surface area contributed by atoms with Gasteiger partial charge in [-0.2, -0.15) is 0 Å². The first kappa shape index (κ1) is 22.8. The zero-order valence-corrected chi connectivity index (χ0v) is 19.6. The van der Waals surface area contributed by atoms with Crippen molar-refractivity contribution in [1.82, 2.24) is 10.6 Å². The van der Waals surface area contributed by atoms with E-state index in [1.54, 1.807) is 12.1 Å². The molecule has 0 radical (unpaired) electrons. The minimum Gasteiger partial charge on any atom is -0.349 e. The van der Waals surface area contributed by atoms with Gasteiger partial charge in [-0.15, -0.1) is 0 Å². The van der Waals surface area contributed by atoms with E-state index < -0.39 is 6.04 Å². The van der Waals surface area contributed by atoms with Crippen molar-refractivity contribution in [2.24, 2.45) is 4.99 Å². The van der Waals surface area contributed by atoms with Crippen molar-refractivity contribution in [2.45, 2.75) is 13.0 Å². The number of amides is 1. The molecule has 1 atom stereocenters. The molecule has 0 aliphatic carbocycles. The number of carbonyl (C=O) groups is 1. The van der Waals surface area contributed by atoms with E-state index in [1.807, 2.05) is 85.8 Å². The van der Waals surface area contributed by atoms with Crippen LogP contribution in [-0.4, -0.2) is 18.3 Å². The zero-order valence-electron chi connectivity index (χ0n) is 18.1. The van der Waals surface area contributed by atoms with Gasteiger partial charge in [0.25, 0.3) is 5.91 Å². The Balaban J connectivity index is 1.61. The largest absolute Gasteiger partial charge is 0.349 e. The lowest BCUT2D eigenvalue weighted by atomic mass is 9.94. The molecular weight excluding hydrogens is 453 g/mol. The van der Waals surface area contributed by atoms with Gasteiger partial charge in [0.05, 0.1) is 15.6 Å². The van der Waals surface area contributed by atoms with Crippen LogP contribution in [0.15, 0.2) is 101 Å². The normalized spacial score (nSPS) is 15.8. The van der Waals surface area contributed by atoms with Crippen LogP contribution in [0.1, 0.15) is 29.7 Å². The van der Waals surface area contributed by atoms with Crippen LogP contribution in [0.2, 0.25) is 10.0 Å². The summed E-state index contributed by atoms with van der Waals surface area (Å²) in [6.45, 7) is 2.28. The SMILES string of the molecule is CC1=C(C(=O)NC/C=C/c2ccccc2)C(c2ccc(Cl)c(Cl)c2)N=C(c2ccccc2)N1. The number of nitrogens with one attached hydrogen (secondary N) is 2. The fraction of sp³-hybridized carbons (Fsp3) is 0.111. The molecule has 1 unspecified atom stereocenters. The van der Waals surface area contributed by atoms with E-state index in [0.29, 0.717) is 28.0 Å². The molecule has 1 aliphatic rings. The van der Waals surface area contributed by atoms with Crippen LogP contribution >= 0.6 is 23.2 Å². The van der Waals surface area contributed by atoms with Gasteiger partial charge in [0.2, 0.25) is 0 Å². The molecule has 166 valence electrons. The summed E-state index contributed by atoms with van der Waals surface area (Å²) in [5.41, 5.74) is 4.09. The predicted molar refractivity (Wildman–Crippen MR) is 137 cm³/mol. The minimum absolute atomic E-state index is 0.190. The molecule has 0 aromatic heterocycles. The maximum atomic E-state index is 13.2. The van der Waals surface area contributed by atoms with Crippen molar-refractivity contribution in [3.8, 4) is 0 Å². The first-order chi connectivity index (χ1) is 16.0. The molecule has 1 aliphatic heterocycles. The summed E-state index contributed by atoms with van der Waals surface area (Å²) in [7, 11) is 0. The lowest BCUT2D eigenvalue weighted by molar-refractivity contribution is -0.117. The summed E-state index contributed by atoms with van der Waals surface area (Å²) in [5, 5.41) is 7.16. The molecule has 0 bridgehead atoms. The highest BCUT2D eigenvalue weighted by atomic mass is 35.5. The van der Waals surface area contributed by atoms with Crippen molar-refractivity contribution in [3.63, 3.8) is 0 Å². The Bertz CT molecular complexity index is 1230. The highest BCUT2D eigenvalue weighted by molar-refractivity contribution is 6.42. The fourth-order valence-corrected chi connectivity index (χ4v) is 3.95. The highest BCUT2D eigenvalue weighted by Gasteiger charge is 2.29. The summed E-state index contributed by atoms with van der Waals surface area (Å²) in [5.74, 6) is 0.509. The van der Waals surface area contributed by atoms with Gasteiger partial charge in [-0.05, 0) is 30.2 Å². The Kier molecular flexibility index (Phi) is 7.28. The first-order valence-corrected chi connectivity index (χ1v) is 11.3. The molecule has 4 rings (SSSR count). The van der Waals surface area contributed by atoms with Crippen molar-refractivity contribution < 1.29 is 4.79 Å². The Hall–Kier alpha value is -3.34. The standard InChI is InChI=1S/C27H23Cl2N3O/c1-18-24(27(33)30-16-8-11-19-9-4-2-5-10-19)25(21-14-15-22(28)23(29)17-21)32-26(31-18)20-12-6-3-7-13-20/h2-15,17,25H,16H2,1H3,(H,30,33)(H,31,32)/b11-8+. The van der Waals surface area contributed by atoms with Gasteiger partial charge in [-0.3, -0.25) is 9.79 Å². The average molecular weight is 476 g/mol. The van der Waals surface area contributed by atoms with E-state index in [1.165, 1.54) is 0 Å². The van der Waals surface area contributed by atoms with Crippen LogP contribution in [0.25, 0.3) is 6.08 Å². The van der Waals surface area contributed by atoms with Gasteiger partial charge in [-0.25, -0.2) is 0 Å². The highest BCUT2D eigenvalue weighted by Crippen LogP contribution is 2.34. The summed E-state index contributed by atoms with van der Waals surface area (Å²) >= 11 is 12.4. The number of nitrogens with zero attached hydrogens (tertiary/aromatic N) is 1. The van der Waals surface area contributed by atoms with E-state index in [-0.39, 0.29) is 5.91 Å². The van der Waals surface area contributed by atoms with Gasteiger partial charge >= 0.3 is 0 Å². The van der Waals surface area contributed by atoms with Crippen molar-refractivity contribution >= 4 is 41.0 Å². The smallest absolute Gasteiger partial charge is 0.251 e. The van der Waals surface area contributed by atoms with Crippen LogP contribution < -0.4 is 10.6 Å². The summed E-state index contributed by atoms with van der Waals surface area (Å²) in [6.07, 6.45) is 3.90. The van der Waals surface area contributed by atoms with Gasteiger partial charge in [0.15, 0.2) is 0 Å². The lowest BCUT2D eigenvalue weighted by Gasteiger charge is -2.27. The third-order valence-corrected chi connectivity index (χ3v) is 6.02. The van der Waals surface area contributed by atoms with E-state index in [9.17, 15) is 4.79 Å². The van der Waals surface area contributed by atoms with E-state index in [2.05, 4.69) is 10.6 Å². The van der Waals surface area contributed by atoms with Crippen LogP contribution in [0.3, 0.4) is 0 Å². The van der Waals surface area contributed by atoms with Gasteiger partial charge in [0, 0.05) is 17.8 Å². The number of benzene rings is 3. The molecule has 1 amide bonds. The van der Waals surface area contributed by atoms with Gasteiger partial charge < -0.3 is 10.6 Å². The van der Waals surface area contributed by atoms with Gasteiger partial charge in [0.1, 0.15) is 11.9 Å². The Morgan fingerprint density at radius 1 is 1.00 bits per heavy atom. The summed E-state index contributed by atoms with van der Waals surface area (Å²) < 4.78 is 0. The summed E-state index contributed by atoms with van der Waals surface area (Å²) in [6, 6.07) is 24.6. The molecule has 1 heterocycles. The number of halogens is 2.